The average Bonchev–Trinajstić information content (AvgIpc) is 3.56. The van der Waals surface area contributed by atoms with E-state index in [1.807, 2.05) is 60.8 Å². The molecule has 0 saturated heterocycles. The third-order valence-electron chi connectivity index (χ3n) is 7.18. The summed E-state index contributed by atoms with van der Waals surface area (Å²) in [5.74, 6) is 2.53. The third kappa shape index (κ3) is 6.25. The van der Waals surface area contributed by atoms with Crippen LogP contribution in [0.1, 0.15) is 48.2 Å². The number of ether oxygens (including phenoxy) is 2. The predicted octanol–water partition coefficient (Wildman–Crippen LogP) is 4.55. The number of rotatable bonds is 11. The average molecular weight is 553 g/mol. The number of aromatic nitrogens is 4. The van der Waals surface area contributed by atoms with Gasteiger partial charge in [-0.25, -0.2) is 0 Å². The highest BCUT2D eigenvalue weighted by molar-refractivity contribution is 5.86. The molecule has 9 heteroatoms. The fraction of sp³-hybridized carbons (Fsp3) is 0.281. The van der Waals surface area contributed by atoms with Gasteiger partial charge in [-0.2, -0.15) is 0 Å². The van der Waals surface area contributed by atoms with Gasteiger partial charge in [-0.15, -0.1) is 10.2 Å². The Kier molecular flexibility index (Phi) is 8.07. The quantitative estimate of drug-likeness (QED) is 0.221. The topological polar surface area (TPSA) is 120 Å². The zero-order chi connectivity index (χ0) is 29.0. The van der Waals surface area contributed by atoms with Crippen LogP contribution in [0.25, 0.3) is 10.9 Å². The predicted molar refractivity (Wildman–Crippen MR) is 159 cm³/mol. The van der Waals surface area contributed by atoms with Gasteiger partial charge in [0.25, 0.3) is 0 Å². The van der Waals surface area contributed by atoms with E-state index in [0.29, 0.717) is 36.7 Å². The number of carbonyl (C=O) groups excluding carboxylic acids is 1. The smallest absolute Gasteiger partial charge is 0.240 e. The molecule has 5 rings (SSSR count). The number of benzene rings is 3. The highest BCUT2D eigenvalue weighted by Crippen LogP contribution is 2.29. The molecule has 9 nitrogen and oxygen atoms in total. The van der Waals surface area contributed by atoms with Gasteiger partial charge in [-0.3, -0.25) is 4.79 Å². The Balaban J connectivity index is 1.60. The third-order valence-corrected chi connectivity index (χ3v) is 7.18. The van der Waals surface area contributed by atoms with E-state index in [2.05, 4.69) is 43.3 Å². The number of amides is 1. The van der Waals surface area contributed by atoms with Crippen molar-refractivity contribution < 1.29 is 14.3 Å². The van der Waals surface area contributed by atoms with Gasteiger partial charge in [0.05, 0.1) is 32.3 Å². The van der Waals surface area contributed by atoms with E-state index in [1.165, 1.54) is 0 Å². The maximum absolute atomic E-state index is 13.2. The normalized spacial score (nSPS) is 12.3. The molecule has 0 bridgehead atoms. The van der Waals surface area contributed by atoms with Crippen molar-refractivity contribution in [3.05, 3.63) is 107 Å². The molecular formula is C32H36N6O3. The number of methoxy groups -OCH3 is 2. The molecule has 0 aliphatic heterocycles. The SMILES string of the molecule is COc1ccc(Cn2c(Cc3ccccc3)nnc2[C@@H](Cc2c[nH]c3ccccc23)NC(=O)C(C)(C)N)c(OC)c1. The first kappa shape index (κ1) is 27.9. The molecule has 2 heterocycles. The monoisotopic (exact) mass is 552 g/mol. The van der Waals surface area contributed by atoms with Crippen LogP contribution in [0, 0.1) is 0 Å². The molecule has 41 heavy (non-hydrogen) atoms. The van der Waals surface area contributed by atoms with E-state index in [0.717, 1.165) is 33.4 Å². The zero-order valence-electron chi connectivity index (χ0n) is 23.8. The second-order valence-corrected chi connectivity index (χ2v) is 10.7. The molecule has 0 radical (unpaired) electrons. The summed E-state index contributed by atoms with van der Waals surface area (Å²) >= 11 is 0. The number of nitrogens with two attached hydrogens (primary N) is 1. The molecule has 0 fully saturated rings. The number of H-pyrrole nitrogens is 1. The summed E-state index contributed by atoms with van der Waals surface area (Å²) in [7, 11) is 3.26. The van der Waals surface area contributed by atoms with Crippen molar-refractivity contribution in [2.24, 2.45) is 5.73 Å². The zero-order valence-corrected chi connectivity index (χ0v) is 23.8. The maximum Gasteiger partial charge on any atom is 0.240 e. The molecule has 0 saturated carbocycles. The van der Waals surface area contributed by atoms with E-state index in [-0.39, 0.29) is 5.91 Å². The van der Waals surface area contributed by atoms with E-state index in [9.17, 15) is 4.79 Å². The summed E-state index contributed by atoms with van der Waals surface area (Å²) in [6.45, 7) is 3.82. The van der Waals surface area contributed by atoms with Crippen LogP contribution in [-0.2, 0) is 24.2 Å². The van der Waals surface area contributed by atoms with Gasteiger partial charge in [0.1, 0.15) is 17.3 Å². The lowest BCUT2D eigenvalue weighted by Crippen LogP contribution is -2.50. The van der Waals surface area contributed by atoms with Crippen LogP contribution >= 0.6 is 0 Å². The first-order valence-electron chi connectivity index (χ1n) is 13.6. The molecular weight excluding hydrogens is 516 g/mol. The van der Waals surface area contributed by atoms with E-state index in [4.69, 9.17) is 15.2 Å². The first-order valence-corrected chi connectivity index (χ1v) is 13.6. The van der Waals surface area contributed by atoms with Crippen molar-refractivity contribution in [2.75, 3.05) is 14.2 Å². The second-order valence-electron chi connectivity index (χ2n) is 10.7. The van der Waals surface area contributed by atoms with Crippen molar-refractivity contribution in [3.63, 3.8) is 0 Å². The van der Waals surface area contributed by atoms with Gasteiger partial charge < -0.3 is 30.1 Å². The van der Waals surface area contributed by atoms with Crippen molar-refractivity contribution >= 4 is 16.8 Å². The molecule has 4 N–H and O–H groups in total. The molecule has 0 spiro atoms. The standard InChI is InChI=1S/C32H36N6O3/c1-32(2,33)31(39)35-27(17-23-19-34-26-13-9-8-12-25(23)26)30-37-36-29(16-21-10-6-5-7-11-21)38(30)20-22-14-15-24(40-3)18-28(22)41-4/h5-15,18-19,27,34H,16-17,20,33H2,1-4H3,(H,35,39)/t27-/m1/s1. The van der Waals surface area contributed by atoms with E-state index >= 15 is 0 Å². The number of hydrogen-bond acceptors (Lipinski definition) is 6. The Bertz CT molecular complexity index is 1630. The lowest BCUT2D eigenvalue weighted by Gasteiger charge is -2.25. The fourth-order valence-corrected chi connectivity index (χ4v) is 4.91. The van der Waals surface area contributed by atoms with Gasteiger partial charge in [-0.05, 0) is 43.2 Å². The largest absolute Gasteiger partial charge is 0.497 e. The number of nitrogens with zero attached hydrogens (tertiary/aromatic N) is 3. The van der Waals surface area contributed by atoms with Crippen LogP contribution in [0.15, 0.2) is 79.0 Å². The van der Waals surface area contributed by atoms with E-state index < -0.39 is 11.6 Å². The minimum atomic E-state index is -1.07. The van der Waals surface area contributed by atoms with Gasteiger partial charge in [0.2, 0.25) is 5.91 Å². The molecule has 212 valence electrons. The van der Waals surface area contributed by atoms with Crippen LogP contribution in [0.3, 0.4) is 0 Å². The van der Waals surface area contributed by atoms with Crippen LogP contribution in [0.2, 0.25) is 0 Å². The lowest BCUT2D eigenvalue weighted by molar-refractivity contribution is -0.126. The summed E-state index contributed by atoms with van der Waals surface area (Å²) in [5, 5.41) is 13.6. The van der Waals surface area contributed by atoms with Crippen molar-refractivity contribution in [3.8, 4) is 11.5 Å². The molecule has 2 aromatic heterocycles. The van der Waals surface area contributed by atoms with Gasteiger partial charge in [0, 0.05) is 41.6 Å². The van der Waals surface area contributed by atoms with Crippen molar-refractivity contribution in [1.29, 1.82) is 0 Å². The Morgan fingerprint density at radius 3 is 2.49 bits per heavy atom. The molecule has 1 amide bonds. The van der Waals surface area contributed by atoms with Gasteiger partial charge in [0.15, 0.2) is 5.82 Å². The Hall–Kier alpha value is -4.63. The van der Waals surface area contributed by atoms with Gasteiger partial charge >= 0.3 is 0 Å². The summed E-state index contributed by atoms with van der Waals surface area (Å²) in [5.41, 5.74) is 9.26. The molecule has 3 aromatic carbocycles. The number of aromatic amines is 1. The van der Waals surface area contributed by atoms with Crippen molar-refractivity contribution in [2.45, 2.75) is 44.8 Å². The highest BCUT2D eigenvalue weighted by Gasteiger charge is 2.30. The number of para-hydroxylation sites is 1. The van der Waals surface area contributed by atoms with Crippen molar-refractivity contribution in [1.82, 2.24) is 25.1 Å². The number of carbonyl (C=O) groups is 1. The minimum Gasteiger partial charge on any atom is -0.497 e. The summed E-state index contributed by atoms with van der Waals surface area (Å²) in [4.78, 5) is 16.6. The lowest BCUT2D eigenvalue weighted by atomic mass is 10.0. The van der Waals surface area contributed by atoms with Gasteiger partial charge in [-0.1, -0.05) is 48.5 Å². The van der Waals surface area contributed by atoms with E-state index in [1.54, 1.807) is 28.1 Å². The molecule has 0 aliphatic carbocycles. The molecule has 0 aliphatic rings. The van der Waals surface area contributed by atoms with Crippen LogP contribution < -0.4 is 20.5 Å². The highest BCUT2D eigenvalue weighted by atomic mass is 16.5. The Morgan fingerprint density at radius 2 is 1.76 bits per heavy atom. The number of hydrogen-bond donors (Lipinski definition) is 3. The first-order chi connectivity index (χ1) is 19.8. The second kappa shape index (κ2) is 11.9. The number of fused-ring (bicyclic) bond motifs is 1. The van der Waals surface area contributed by atoms with Crippen LogP contribution in [-0.4, -0.2) is 45.4 Å². The molecule has 5 aromatic rings. The van der Waals surface area contributed by atoms with Crippen LogP contribution in [0.5, 0.6) is 11.5 Å². The fourth-order valence-electron chi connectivity index (χ4n) is 4.91. The minimum absolute atomic E-state index is 0.275. The molecule has 0 unspecified atom stereocenters. The summed E-state index contributed by atoms with van der Waals surface area (Å²) < 4.78 is 13.2. The summed E-state index contributed by atoms with van der Waals surface area (Å²) in [6.07, 6.45) is 3.05. The Labute approximate surface area is 239 Å². The molecule has 1 atom stereocenters. The van der Waals surface area contributed by atoms with Crippen LogP contribution in [0.4, 0.5) is 0 Å². The Morgan fingerprint density at radius 1 is 1.00 bits per heavy atom. The number of nitrogens with one attached hydrogen (secondary N) is 2. The maximum atomic E-state index is 13.2. The summed E-state index contributed by atoms with van der Waals surface area (Å²) in [6, 6.07) is 23.5.